The summed E-state index contributed by atoms with van der Waals surface area (Å²) in [4.78, 5) is 9.19. The average molecular weight is 963 g/mol. The first-order valence-corrected chi connectivity index (χ1v) is 25.5. The van der Waals surface area contributed by atoms with Gasteiger partial charge in [0.05, 0.1) is 22.7 Å². The van der Waals surface area contributed by atoms with Gasteiger partial charge in [-0.15, -0.1) is 0 Å². The van der Waals surface area contributed by atoms with Crippen molar-refractivity contribution in [3.63, 3.8) is 0 Å². The molecule has 0 atom stereocenters. The molecule has 6 nitrogen and oxygen atoms in total. The van der Waals surface area contributed by atoms with Gasteiger partial charge in [0.15, 0.2) is 23.0 Å². The fourth-order valence-corrected chi connectivity index (χ4v) is 10.2. The molecule has 0 N–H and O–H groups in total. The van der Waals surface area contributed by atoms with Crippen LogP contribution in [0, 0.1) is 0 Å². The fraction of sp³-hybridized carbons (Fsp3) is 0.118. The van der Waals surface area contributed by atoms with E-state index in [2.05, 4.69) is 280 Å². The maximum absolute atomic E-state index is 6.72. The monoisotopic (exact) mass is 962 g/mol. The first-order valence-electron chi connectivity index (χ1n) is 25.5. The molecule has 0 fully saturated rings. The Balaban J connectivity index is 0.854. The number of benzene rings is 10. The third kappa shape index (κ3) is 8.68. The van der Waals surface area contributed by atoms with E-state index < -0.39 is 0 Å². The maximum Gasteiger partial charge on any atom is 0.153 e. The van der Waals surface area contributed by atoms with Gasteiger partial charge in [-0.25, -0.2) is 0 Å². The van der Waals surface area contributed by atoms with Crippen LogP contribution in [-0.4, -0.2) is 0 Å². The minimum Gasteiger partial charge on any atom is -0.453 e. The molecule has 74 heavy (non-hydrogen) atoms. The minimum absolute atomic E-state index is 0.0577. The van der Waals surface area contributed by atoms with Gasteiger partial charge in [-0.2, -0.15) is 0 Å². The highest BCUT2D eigenvalue weighted by molar-refractivity contribution is 5.91. The number of hydrogen-bond acceptors (Lipinski definition) is 6. The Kier molecular flexibility index (Phi) is 11.6. The van der Waals surface area contributed by atoms with Gasteiger partial charge in [-0.3, -0.25) is 0 Å². The highest BCUT2D eigenvalue weighted by Crippen LogP contribution is 2.54. The smallest absolute Gasteiger partial charge is 0.153 e. The lowest BCUT2D eigenvalue weighted by Gasteiger charge is -2.34. The van der Waals surface area contributed by atoms with Gasteiger partial charge in [0.1, 0.15) is 0 Å². The lowest BCUT2D eigenvalue weighted by atomic mass is 9.87. The van der Waals surface area contributed by atoms with Crippen molar-refractivity contribution in [1.29, 1.82) is 0 Å². The number of nitrogens with zero attached hydrogens (tertiary/aromatic N) is 4. The standard InChI is InChI=1S/C68H58N4O2/c1-67(2,3)49-29-37-55(38-30-49)71-59-21-13-15-23-63(59)73-65-45-57(41-43-61(65)71)69(51-17-9-7-10-18-51)53-33-25-47(26-34-53)48-27-35-54(36-28-48)70(52-19-11-8-12-20-52)58-42-44-62-66(46-58)74-64-24-16-14-22-60(64)72(62)56-39-31-50(32-40-56)68(4,5)6/h7-46H,1-6H3. The molecule has 0 radical (unpaired) electrons. The van der Waals surface area contributed by atoms with Gasteiger partial charge in [-0.05, 0) is 154 Å². The summed E-state index contributed by atoms with van der Waals surface area (Å²) in [6, 6.07) is 86.2. The summed E-state index contributed by atoms with van der Waals surface area (Å²) < 4.78 is 13.4. The molecule has 2 aliphatic heterocycles. The normalized spacial score (nSPS) is 12.6. The van der Waals surface area contributed by atoms with Crippen LogP contribution in [0.3, 0.4) is 0 Å². The largest absolute Gasteiger partial charge is 0.453 e. The maximum atomic E-state index is 6.72. The molecule has 2 aliphatic rings. The number of rotatable bonds is 9. The molecule has 12 rings (SSSR count). The summed E-state index contributed by atoms with van der Waals surface area (Å²) in [5.41, 5.74) is 17.3. The number of ether oxygens (including phenoxy) is 2. The van der Waals surface area contributed by atoms with Crippen LogP contribution in [0.2, 0.25) is 0 Å². The first-order chi connectivity index (χ1) is 35.9. The fourth-order valence-electron chi connectivity index (χ4n) is 10.2. The van der Waals surface area contributed by atoms with E-state index in [1.165, 1.54) is 11.1 Å². The summed E-state index contributed by atoms with van der Waals surface area (Å²) in [7, 11) is 0. The summed E-state index contributed by atoms with van der Waals surface area (Å²) in [5, 5.41) is 0. The molecule has 6 heteroatoms. The second-order valence-corrected chi connectivity index (χ2v) is 21.1. The van der Waals surface area contributed by atoms with Crippen molar-refractivity contribution in [3.8, 4) is 34.1 Å². The van der Waals surface area contributed by atoms with Gasteiger partial charge < -0.3 is 29.1 Å². The van der Waals surface area contributed by atoms with E-state index in [1.54, 1.807) is 0 Å². The predicted octanol–water partition coefficient (Wildman–Crippen LogP) is 20.0. The van der Waals surface area contributed by atoms with Crippen molar-refractivity contribution in [3.05, 3.63) is 254 Å². The van der Waals surface area contributed by atoms with Gasteiger partial charge in [0.25, 0.3) is 0 Å². The van der Waals surface area contributed by atoms with Crippen LogP contribution < -0.4 is 29.1 Å². The van der Waals surface area contributed by atoms with Crippen molar-refractivity contribution >= 4 is 68.2 Å². The Labute approximate surface area is 435 Å². The van der Waals surface area contributed by atoms with Gasteiger partial charge in [-0.1, -0.05) is 151 Å². The molecule has 0 amide bonds. The Bertz CT molecular complexity index is 3380. The van der Waals surface area contributed by atoms with Gasteiger partial charge in [0, 0.05) is 57.6 Å². The molecule has 0 unspecified atom stereocenters. The molecule has 0 spiro atoms. The van der Waals surface area contributed by atoms with E-state index in [1.807, 2.05) is 24.3 Å². The van der Waals surface area contributed by atoms with Crippen molar-refractivity contribution in [2.75, 3.05) is 19.6 Å². The second kappa shape index (κ2) is 18.6. The molecular weight excluding hydrogens is 905 g/mol. The average Bonchev–Trinajstić information content (AvgIpc) is 3.43. The molecule has 0 saturated carbocycles. The Morgan fingerprint density at radius 1 is 0.284 bits per heavy atom. The van der Waals surface area contributed by atoms with E-state index in [0.29, 0.717) is 0 Å². The molecular formula is C68H58N4O2. The molecule has 2 heterocycles. The number of anilines is 12. The molecule has 0 saturated heterocycles. The summed E-state index contributed by atoms with van der Waals surface area (Å²) in [6.07, 6.45) is 0. The molecule has 362 valence electrons. The number of hydrogen-bond donors (Lipinski definition) is 0. The summed E-state index contributed by atoms with van der Waals surface area (Å²) in [6.45, 7) is 13.5. The molecule has 0 bridgehead atoms. The van der Waals surface area contributed by atoms with Crippen molar-refractivity contribution < 1.29 is 9.47 Å². The Morgan fingerprint density at radius 3 is 0.959 bits per heavy atom. The third-order valence-electron chi connectivity index (χ3n) is 14.1. The van der Waals surface area contributed by atoms with E-state index in [4.69, 9.17) is 9.47 Å². The van der Waals surface area contributed by atoms with Gasteiger partial charge >= 0.3 is 0 Å². The second-order valence-electron chi connectivity index (χ2n) is 21.1. The summed E-state index contributed by atoms with van der Waals surface area (Å²) >= 11 is 0. The van der Waals surface area contributed by atoms with Crippen LogP contribution in [0.1, 0.15) is 52.7 Å². The third-order valence-corrected chi connectivity index (χ3v) is 14.1. The molecule has 10 aromatic carbocycles. The lowest BCUT2D eigenvalue weighted by Crippen LogP contribution is -2.17. The quantitative estimate of drug-likeness (QED) is 0.143. The zero-order valence-corrected chi connectivity index (χ0v) is 42.7. The highest BCUT2D eigenvalue weighted by atomic mass is 16.5. The zero-order valence-electron chi connectivity index (χ0n) is 42.7. The Morgan fingerprint density at radius 2 is 0.595 bits per heavy atom. The lowest BCUT2D eigenvalue weighted by molar-refractivity contribution is 0.477. The molecule has 0 aromatic heterocycles. The molecule has 10 aromatic rings. The number of fused-ring (bicyclic) bond motifs is 4. The summed E-state index contributed by atoms with van der Waals surface area (Å²) in [5.74, 6) is 3.22. The van der Waals surface area contributed by atoms with Crippen LogP contribution in [-0.2, 0) is 10.8 Å². The Hall–Kier alpha value is -9.00. The van der Waals surface area contributed by atoms with E-state index in [0.717, 1.165) is 102 Å². The van der Waals surface area contributed by atoms with Crippen LogP contribution >= 0.6 is 0 Å². The van der Waals surface area contributed by atoms with E-state index in [9.17, 15) is 0 Å². The minimum atomic E-state index is 0.0577. The topological polar surface area (TPSA) is 31.4 Å². The van der Waals surface area contributed by atoms with Gasteiger partial charge in [0.2, 0.25) is 0 Å². The van der Waals surface area contributed by atoms with Crippen LogP contribution in [0.4, 0.5) is 68.2 Å². The first kappa shape index (κ1) is 46.1. The van der Waals surface area contributed by atoms with E-state index >= 15 is 0 Å². The SMILES string of the molecule is CC(C)(C)c1ccc(N2c3ccccc3Oc3cc(N(c4ccccc4)c4ccc(-c5ccc(N(c6ccccc6)c6ccc7c(c6)Oc6ccccc6N7c6ccc(C(C)(C)C)cc6)cc5)cc4)ccc32)cc1. The van der Waals surface area contributed by atoms with Crippen LogP contribution in [0.5, 0.6) is 23.0 Å². The van der Waals surface area contributed by atoms with Crippen LogP contribution in [0.25, 0.3) is 11.1 Å². The van der Waals surface area contributed by atoms with Crippen molar-refractivity contribution in [2.45, 2.75) is 52.4 Å². The van der Waals surface area contributed by atoms with E-state index in [-0.39, 0.29) is 10.8 Å². The highest BCUT2D eigenvalue weighted by Gasteiger charge is 2.30. The van der Waals surface area contributed by atoms with Crippen LogP contribution in [0.15, 0.2) is 243 Å². The van der Waals surface area contributed by atoms with Crippen molar-refractivity contribution in [1.82, 2.24) is 0 Å². The zero-order chi connectivity index (χ0) is 50.6. The van der Waals surface area contributed by atoms with Crippen molar-refractivity contribution in [2.24, 2.45) is 0 Å². The predicted molar refractivity (Wildman–Crippen MR) is 308 cm³/mol. The molecule has 0 aliphatic carbocycles. The number of para-hydroxylation sites is 6.